The quantitative estimate of drug-likeness (QED) is 0.806. The van der Waals surface area contributed by atoms with Crippen LogP contribution in [0.15, 0.2) is 24.3 Å². The largest absolute Gasteiger partial charge is 0.493 e. The Kier molecular flexibility index (Phi) is 6.64. The lowest BCUT2D eigenvalue weighted by Crippen LogP contribution is -2.51. The number of hydrogen-bond acceptors (Lipinski definition) is 4. The fourth-order valence-electron chi connectivity index (χ4n) is 2.97. The van der Waals surface area contributed by atoms with E-state index in [-0.39, 0.29) is 12.3 Å². The summed E-state index contributed by atoms with van der Waals surface area (Å²) in [5.41, 5.74) is 0.197. The molecule has 1 fully saturated rings. The Bertz CT molecular complexity index is 624. The molecule has 0 spiro atoms. The molecule has 0 bridgehead atoms. The van der Waals surface area contributed by atoms with Crippen molar-refractivity contribution in [2.24, 2.45) is 5.92 Å². The van der Waals surface area contributed by atoms with E-state index in [2.05, 4.69) is 13.8 Å². The normalized spacial score (nSPS) is 18.0. The molecule has 1 aromatic carbocycles. The highest BCUT2D eigenvalue weighted by molar-refractivity contribution is 5.87. The van der Waals surface area contributed by atoms with Gasteiger partial charge in [-0.15, -0.1) is 0 Å². The highest BCUT2D eigenvalue weighted by Crippen LogP contribution is 2.28. The molecule has 1 heterocycles. The van der Waals surface area contributed by atoms with Crippen molar-refractivity contribution < 1.29 is 24.2 Å². The SMILES string of the molecule is CC(C)COc1ccc(C(C)(C)C(=O)N2CCOC(CC(=O)O)C2)cc1. The molecule has 1 saturated heterocycles. The number of benzene rings is 1. The van der Waals surface area contributed by atoms with Gasteiger partial charge in [-0.3, -0.25) is 9.59 Å². The van der Waals surface area contributed by atoms with Crippen LogP contribution in [0.2, 0.25) is 0 Å². The van der Waals surface area contributed by atoms with Crippen molar-refractivity contribution in [2.45, 2.75) is 45.6 Å². The number of ether oxygens (including phenoxy) is 2. The number of rotatable bonds is 7. The maximum Gasteiger partial charge on any atom is 0.306 e. The molecule has 6 heteroatoms. The standard InChI is InChI=1S/C20H29NO5/c1-14(2)13-26-16-7-5-15(6-8-16)20(3,4)19(24)21-9-10-25-17(12-21)11-18(22)23/h5-8,14,17H,9-13H2,1-4H3,(H,22,23). The van der Waals surface area contributed by atoms with Gasteiger partial charge in [-0.05, 0) is 37.5 Å². The molecule has 1 atom stereocenters. The Morgan fingerprint density at radius 2 is 1.96 bits per heavy atom. The number of nitrogens with zero attached hydrogens (tertiary/aromatic N) is 1. The lowest BCUT2D eigenvalue weighted by atomic mass is 9.83. The number of carbonyl (C=O) groups excluding carboxylic acids is 1. The molecule has 0 saturated carbocycles. The summed E-state index contributed by atoms with van der Waals surface area (Å²) >= 11 is 0. The fourth-order valence-corrected chi connectivity index (χ4v) is 2.97. The van der Waals surface area contributed by atoms with Crippen LogP contribution in [0.5, 0.6) is 5.75 Å². The second-order valence-corrected chi connectivity index (χ2v) is 7.70. The van der Waals surface area contributed by atoms with Crippen LogP contribution in [0.3, 0.4) is 0 Å². The Hall–Kier alpha value is -2.08. The molecule has 0 radical (unpaired) electrons. The van der Waals surface area contributed by atoms with Gasteiger partial charge < -0.3 is 19.5 Å². The van der Waals surface area contributed by atoms with Crippen LogP contribution in [0, 0.1) is 5.92 Å². The highest BCUT2D eigenvalue weighted by Gasteiger charge is 2.36. The molecule has 1 aliphatic heterocycles. The first kappa shape index (κ1) is 20.2. The van der Waals surface area contributed by atoms with E-state index in [1.54, 1.807) is 4.90 Å². The average Bonchev–Trinajstić information content (AvgIpc) is 2.59. The zero-order chi connectivity index (χ0) is 19.3. The van der Waals surface area contributed by atoms with Crippen molar-refractivity contribution in [3.8, 4) is 5.75 Å². The summed E-state index contributed by atoms with van der Waals surface area (Å²) in [4.78, 5) is 25.6. The summed E-state index contributed by atoms with van der Waals surface area (Å²) in [6.45, 7) is 9.77. The zero-order valence-electron chi connectivity index (χ0n) is 16.0. The molecule has 1 aromatic rings. The second kappa shape index (κ2) is 8.54. The van der Waals surface area contributed by atoms with Crippen LogP contribution >= 0.6 is 0 Å². The summed E-state index contributed by atoms with van der Waals surface area (Å²) in [5, 5.41) is 8.94. The lowest BCUT2D eigenvalue weighted by Gasteiger charge is -2.37. The molecule has 0 aliphatic carbocycles. The Morgan fingerprint density at radius 1 is 1.31 bits per heavy atom. The van der Waals surface area contributed by atoms with Gasteiger partial charge in [-0.2, -0.15) is 0 Å². The lowest BCUT2D eigenvalue weighted by molar-refractivity contribution is -0.150. The maximum absolute atomic E-state index is 13.0. The maximum atomic E-state index is 13.0. The Morgan fingerprint density at radius 3 is 2.54 bits per heavy atom. The van der Waals surface area contributed by atoms with Gasteiger partial charge in [0.2, 0.25) is 5.91 Å². The van der Waals surface area contributed by atoms with E-state index in [0.717, 1.165) is 11.3 Å². The van der Waals surface area contributed by atoms with Gasteiger partial charge >= 0.3 is 5.97 Å². The van der Waals surface area contributed by atoms with E-state index in [9.17, 15) is 9.59 Å². The smallest absolute Gasteiger partial charge is 0.306 e. The summed E-state index contributed by atoms with van der Waals surface area (Å²) in [6.07, 6.45) is -0.542. The summed E-state index contributed by atoms with van der Waals surface area (Å²) in [5.74, 6) is 0.305. The van der Waals surface area contributed by atoms with Gasteiger partial charge in [0.1, 0.15) is 5.75 Å². The number of amides is 1. The van der Waals surface area contributed by atoms with Crippen LogP contribution in [0.1, 0.15) is 39.7 Å². The first-order valence-corrected chi connectivity index (χ1v) is 9.06. The van der Waals surface area contributed by atoms with E-state index in [1.165, 1.54) is 0 Å². The predicted molar refractivity (Wildman–Crippen MR) is 98.4 cm³/mol. The molecular formula is C20H29NO5. The monoisotopic (exact) mass is 363 g/mol. The molecule has 26 heavy (non-hydrogen) atoms. The van der Waals surface area contributed by atoms with Crippen LogP contribution in [0.4, 0.5) is 0 Å². The average molecular weight is 363 g/mol. The van der Waals surface area contributed by atoms with Gasteiger partial charge in [0.25, 0.3) is 0 Å². The van der Waals surface area contributed by atoms with Crippen molar-refractivity contribution in [1.29, 1.82) is 0 Å². The fraction of sp³-hybridized carbons (Fsp3) is 0.600. The molecule has 1 amide bonds. The van der Waals surface area contributed by atoms with Crippen molar-refractivity contribution in [1.82, 2.24) is 4.90 Å². The minimum absolute atomic E-state index is 0.0213. The molecule has 2 rings (SSSR count). The van der Waals surface area contributed by atoms with Crippen molar-refractivity contribution in [2.75, 3.05) is 26.3 Å². The molecule has 1 aliphatic rings. The molecular weight excluding hydrogens is 334 g/mol. The van der Waals surface area contributed by atoms with Crippen molar-refractivity contribution >= 4 is 11.9 Å². The second-order valence-electron chi connectivity index (χ2n) is 7.70. The van der Waals surface area contributed by atoms with Gasteiger partial charge in [0, 0.05) is 13.1 Å². The van der Waals surface area contributed by atoms with E-state index >= 15 is 0 Å². The zero-order valence-corrected chi connectivity index (χ0v) is 16.0. The molecule has 1 unspecified atom stereocenters. The number of carboxylic acid groups (broad SMARTS) is 1. The molecule has 144 valence electrons. The van der Waals surface area contributed by atoms with Gasteiger partial charge in [-0.25, -0.2) is 0 Å². The number of carbonyl (C=O) groups is 2. The minimum atomic E-state index is -0.916. The Balaban J connectivity index is 2.05. The van der Waals surface area contributed by atoms with Gasteiger partial charge in [0.05, 0.1) is 31.2 Å². The Labute approximate surface area is 155 Å². The number of aliphatic carboxylic acids is 1. The van der Waals surface area contributed by atoms with Crippen molar-refractivity contribution in [3.05, 3.63) is 29.8 Å². The number of morpholine rings is 1. The van der Waals surface area contributed by atoms with E-state index < -0.39 is 17.5 Å². The molecule has 0 aromatic heterocycles. The number of carboxylic acids is 1. The predicted octanol–water partition coefficient (Wildman–Crippen LogP) is 2.70. The van der Waals surface area contributed by atoms with Crippen LogP contribution in [-0.2, 0) is 19.7 Å². The van der Waals surface area contributed by atoms with Gasteiger partial charge in [0.15, 0.2) is 0 Å². The summed E-state index contributed by atoms with van der Waals surface area (Å²) < 4.78 is 11.2. The van der Waals surface area contributed by atoms with E-state index in [1.807, 2.05) is 38.1 Å². The highest BCUT2D eigenvalue weighted by atomic mass is 16.5. The third kappa shape index (κ3) is 5.21. The summed E-state index contributed by atoms with van der Waals surface area (Å²) in [6, 6.07) is 7.62. The first-order valence-electron chi connectivity index (χ1n) is 9.06. The minimum Gasteiger partial charge on any atom is -0.493 e. The van der Waals surface area contributed by atoms with Crippen LogP contribution in [0.25, 0.3) is 0 Å². The number of hydrogen-bond donors (Lipinski definition) is 1. The van der Waals surface area contributed by atoms with Crippen molar-refractivity contribution in [3.63, 3.8) is 0 Å². The summed E-state index contributed by atoms with van der Waals surface area (Å²) in [7, 11) is 0. The third-order valence-electron chi connectivity index (χ3n) is 4.52. The molecule has 1 N–H and O–H groups in total. The van der Waals surface area contributed by atoms with E-state index in [0.29, 0.717) is 32.2 Å². The van der Waals surface area contributed by atoms with Gasteiger partial charge in [-0.1, -0.05) is 26.0 Å². The third-order valence-corrected chi connectivity index (χ3v) is 4.52. The van der Waals surface area contributed by atoms with Crippen LogP contribution < -0.4 is 4.74 Å². The topological polar surface area (TPSA) is 76.1 Å². The van der Waals surface area contributed by atoms with E-state index in [4.69, 9.17) is 14.6 Å². The first-order chi connectivity index (χ1) is 12.2. The molecule has 6 nitrogen and oxygen atoms in total. The van der Waals surface area contributed by atoms with Crippen LogP contribution in [-0.4, -0.2) is 54.3 Å².